The SMILES string of the molecule is CS(=O)(=O)Cc1ccc(CNC(=O)c2cc(-c3cccc4ccccc34)nc3ccccc23)cc1. The molecule has 5 aromatic rings. The predicted molar refractivity (Wildman–Crippen MR) is 141 cm³/mol. The van der Waals surface area contributed by atoms with Gasteiger partial charge in [0.05, 0.1) is 22.5 Å². The van der Waals surface area contributed by atoms with Crippen molar-refractivity contribution in [3.63, 3.8) is 0 Å². The summed E-state index contributed by atoms with van der Waals surface area (Å²) in [4.78, 5) is 18.2. The molecule has 174 valence electrons. The van der Waals surface area contributed by atoms with Crippen LogP contribution in [0.15, 0.2) is 97.1 Å². The Bertz CT molecular complexity index is 1650. The number of nitrogens with zero attached hydrogens (tertiary/aromatic N) is 1. The zero-order valence-electron chi connectivity index (χ0n) is 19.2. The van der Waals surface area contributed by atoms with Gasteiger partial charge < -0.3 is 5.32 Å². The number of rotatable bonds is 6. The normalized spacial score (nSPS) is 11.6. The molecule has 0 atom stereocenters. The van der Waals surface area contributed by atoms with Crippen LogP contribution in [0.2, 0.25) is 0 Å². The second-order valence-electron chi connectivity index (χ2n) is 8.67. The highest BCUT2D eigenvalue weighted by Crippen LogP contribution is 2.30. The lowest BCUT2D eigenvalue weighted by molar-refractivity contribution is 0.0952. The molecule has 0 fully saturated rings. The average molecular weight is 481 g/mol. The number of sulfone groups is 1. The number of carbonyl (C=O) groups excluding carboxylic acids is 1. The molecule has 0 saturated heterocycles. The van der Waals surface area contributed by atoms with Crippen molar-refractivity contribution >= 4 is 37.4 Å². The number of amides is 1. The van der Waals surface area contributed by atoms with Crippen molar-refractivity contribution in [1.29, 1.82) is 0 Å². The number of hydrogen-bond acceptors (Lipinski definition) is 4. The third kappa shape index (κ3) is 5.08. The Morgan fingerprint density at radius 3 is 2.23 bits per heavy atom. The summed E-state index contributed by atoms with van der Waals surface area (Å²) in [7, 11) is -3.09. The summed E-state index contributed by atoms with van der Waals surface area (Å²) in [6.45, 7) is 0.332. The Hall–Kier alpha value is -4.03. The minimum Gasteiger partial charge on any atom is -0.348 e. The lowest BCUT2D eigenvalue weighted by atomic mass is 9.99. The van der Waals surface area contributed by atoms with Gasteiger partial charge >= 0.3 is 0 Å². The van der Waals surface area contributed by atoms with E-state index in [0.29, 0.717) is 12.1 Å². The first-order valence-electron chi connectivity index (χ1n) is 11.3. The summed E-state index contributed by atoms with van der Waals surface area (Å²) in [6.07, 6.45) is 1.21. The van der Waals surface area contributed by atoms with Crippen LogP contribution in [0.25, 0.3) is 32.9 Å². The molecule has 4 aromatic carbocycles. The standard InChI is InChI=1S/C29H24N2O3S/c1-35(33,34)19-21-15-13-20(14-16-21)18-30-29(32)26-17-28(31-27-12-5-4-10-25(26)27)24-11-6-8-22-7-2-3-9-23(22)24/h2-17H,18-19H2,1H3,(H,30,32). The van der Waals surface area contributed by atoms with Crippen molar-refractivity contribution in [3.05, 3.63) is 114 Å². The average Bonchev–Trinajstić information content (AvgIpc) is 2.86. The van der Waals surface area contributed by atoms with E-state index in [1.165, 1.54) is 6.26 Å². The zero-order chi connectivity index (χ0) is 24.4. The van der Waals surface area contributed by atoms with Crippen LogP contribution in [0.4, 0.5) is 0 Å². The molecule has 35 heavy (non-hydrogen) atoms. The second-order valence-corrected chi connectivity index (χ2v) is 10.8. The molecule has 0 saturated carbocycles. The minimum absolute atomic E-state index is 0.000408. The predicted octanol–water partition coefficient (Wildman–Crippen LogP) is 5.53. The summed E-state index contributed by atoms with van der Waals surface area (Å²) < 4.78 is 23.0. The molecule has 0 unspecified atom stereocenters. The Kier molecular flexibility index (Phi) is 6.05. The fourth-order valence-electron chi connectivity index (χ4n) is 4.28. The van der Waals surface area contributed by atoms with E-state index in [-0.39, 0.29) is 11.7 Å². The number of para-hydroxylation sites is 1. The maximum atomic E-state index is 13.3. The summed E-state index contributed by atoms with van der Waals surface area (Å²) in [5.74, 6) is -0.190. The Labute approximate surface area is 204 Å². The first-order chi connectivity index (χ1) is 16.9. The van der Waals surface area contributed by atoms with Gasteiger partial charge in [-0.1, -0.05) is 84.9 Å². The first-order valence-corrected chi connectivity index (χ1v) is 13.4. The van der Waals surface area contributed by atoms with Crippen LogP contribution in [0, 0.1) is 0 Å². The number of aromatic nitrogens is 1. The fourth-order valence-corrected chi connectivity index (χ4v) is 5.08. The molecule has 0 aliphatic rings. The number of nitrogens with one attached hydrogen (secondary N) is 1. The number of carbonyl (C=O) groups is 1. The molecular weight excluding hydrogens is 456 g/mol. The number of fused-ring (bicyclic) bond motifs is 2. The molecule has 1 N–H and O–H groups in total. The van der Waals surface area contributed by atoms with Crippen LogP contribution in [-0.4, -0.2) is 25.6 Å². The van der Waals surface area contributed by atoms with E-state index in [1.807, 2.05) is 66.7 Å². The van der Waals surface area contributed by atoms with Gasteiger partial charge in [0.1, 0.15) is 0 Å². The zero-order valence-corrected chi connectivity index (χ0v) is 20.0. The van der Waals surface area contributed by atoms with Crippen LogP contribution < -0.4 is 5.32 Å². The van der Waals surface area contributed by atoms with Crippen LogP contribution in [-0.2, 0) is 22.1 Å². The van der Waals surface area contributed by atoms with Crippen molar-refractivity contribution in [3.8, 4) is 11.3 Å². The van der Waals surface area contributed by atoms with Crippen molar-refractivity contribution in [2.24, 2.45) is 0 Å². The molecule has 5 nitrogen and oxygen atoms in total. The third-order valence-electron chi connectivity index (χ3n) is 5.93. The molecule has 5 rings (SSSR count). The minimum atomic E-state index is -3.09. The van der Waals surface area contributed by atoms with Crippen LogP contribution >= 0.6 is 0 Å². The van der Waals surface area contributed by atoms with Gasteiger partial charge in [-0.3, -0.25) is 4.79 Å². The topological polar surface area (TPSA) is 76.1 Å². The smallest absolute Gasteiger partial charge is 0.252 e. The van der Waals surface area contributed by atoms with E-state index in [2.05, 4.69) is 23.5 Å². The summed E-state index contributed by atoms with van der Waals surface area (Å²) in [5, 5.41) is 5.99. The molecule has 1 aromatic heterocycles. The van der Waals surface area contributed by atoms with E-state index < -0.39 is 9.84 Å². The molecule has 0 radical (unpaired) electrons. The van der Waals surface area contributed by atoms with Gasteiger partial charge in [0, 0.05) is 23.8 Å². The highest BCUT2D eigenvalue weighted by molar-refractivity contribution is 7.89. The van der Waals surface area contributed by atoms with E-state index in [1.54, 1.807) is 12.1 Å². The van der Waals surface area contributed by atoms with E-state index in [9.17, 15) is 13.2 Å². The molecule has 0 spiro atoms. The van der Waals surface area contributed by atoms with Crippen molar-refractivity contribution in [2.45, 2.75) is 12.3 Å². The summed E-state index contributed by atoms with van der Waals surface area (Å²) in [6, 6.07) is 31.0. The lowest BCUT2D eigenvalue weighted by Gasteiger charge is -2.12. The van der Waals surface area contributed by atoms with Crippen LogP contribution in [0.5, 0.6) is 0 Å². The van der Waals surface area contributed by atoms with Crippen molar-refractivity contribution in [1.82, 2.24) is 10.3 Å². The van der Waals surface area contributed by atoms with Crippen LogP contribution in [0.3, 0.4) is 0 Å². The maximum Gasteiger partial charge on any atom is 0.252 e. The Balaban J connectivity index is 1.46. The maximum absolute atomic E-state index is 13.3. The summed E-state index contributed by atoms with van der Waals surface area (Å²) >= 11 is 0. The number of benzene rings is 4. The molecule has 1 heterocycles. The first kappa shape index (κ1) is 22.7. The van der Waals surface area contributed by atoms with E-state index >= 15 is 0 Å². The van der Waals surface area contributed by atoms with Gasteiger partial charge in [-0.15, -0.1) is 0 Å². The van der Waals surface area contributed by atoms with E-state index in [4.69, 9.17) is 4.98 Å². The highest BCUT2D eigenvalue weighted by atomic mass is 32.2. The monoisotopic (exact) mass is 480 g/mol. The Morgan fingerprint density at radius 2 is 1.46 bits per heavy atom. The lowest BCUT2D eigenvalue weighted by Crippen LogP contribution is -2.23. The largest absolute Gasteiger partial charge is 0.348 e. The third-order valence-corrected chi connectivity index (χ3v) is 6.79. The molecular formula is C29H24N2O3S. The molecule has 1 amide bonds. The highest BCUT2D eigenvalue weighted by Gasteiger charge is 2.15. The fraction of sp³-hybridized carbons (Fsp3) is 0.103. The molecule has 0 aliphatic heterocycles. The number of hydrogen-bond donors (Lipinski definition) is 1. The van der Waals surface area contributed by atoms with Gasteiger partial charge in [-0.25, -0.2) is 13.4 Å². The van der Waals surface area contributed by atoms with Gasteiger partial charge in [-0.2, -0.15) is 0 Å². The van der Waals surface area contributed by atoms with Gasteiger partial charge in [0.25, 0.3) is 5.91 Å². The van der Waals surface area contributed by atoms with Gasteiger partial charge in [0.15, 0.2) is 9.84 Å². The van der Waals surface area contributed by atoms with Crippen molar-refractivity contribution < 1.29 is 13.2 Å². The van der Waals surface area contributed by atoms with Gasteiger partial charge in [-0.05, 0) is 34.0 Å². The second kappa shape index (κ2) is 9.31. The molecule has 0 bridgehead atoms. The number of pyridine rings is 1. The van der Waals surface area contributed by atoms with Gasteiger partial charge in [0.2, 0.25) is 0 Å². The molecule has 0 aliphatic carbocycles. The Morgan fingerprint density at radius 1 is 0.800 bits per heavy atom. The van der Waals surface area contributed by atoms with Crippen LogP contribution in [0.1, 0.15) is 21.5 Å². The van der Waals surface area contributed by atoms with E-state index in [0.717, 1.165) is 44.1 Å². The quantitative estimate of drug-likeness (QED) is 0.347. The summed E-state index contributed by atoms with van der Waals surface area (Å²) in [5.41, 5.74) is 4.66. The molecule has 6 heteroatoms. The van der Waals surface area contributed by atoms with Crippen molar-refractivity contribution in [2.75, 3.05) is 6.26 Å².